The SMILES string of the molecule is O=C(c1nn(-c2ccc(F)cc2)cc1OCc1ccccc1)N1CCc2ccccc2C1. The Labute approximate surface area is 185 Å². The van der Waals surface area contributed by atoms with Gasteiger partial charge in [-0.3, -0.25) is 4.79 Å². The molecule has 1 aromatic heterocycles. The van der Waals surface area contributed by atoms with Gasteiger partial charge in [0.1, 0.15) is 12.4 Å². The second kappa shape index (κ2) is 8.67. The molecule has 0 radical (unpaired) electrons. The van der Waals surface area contributed by atoms with Gasteiger partial charge >= 0.3 is 0 Å². The molecule has 1 aliphatic heterocycles. The third-order valence-electron chi connectivity index (χ3n) is 5.63. The number of benzene rings is 3. The standard InChI is InChI=1S/C26H22FN3O2/c27-22-10-12-23(13-11-22)30-17-24(32-18-19-6-2-1-3-7-19)25(28-30)26(31)29-15-14-20-8-4-5-9-21(20)16-29/h1-13,17H,14-16,18H2. The third kappa shape index (κ3) is 4.12. The molecule has 3 aromatic carbocycles. The highest BCUT2D eigenvalue weighted by Crippen LogP contribution is 2.26. The fourth-order valence-electron chi connectivity index (χ4n) is 3.89. The summed E-state index contributed by atoms with van der Waals surface area (Å²) in [6.07, 6.45) is 2.49. The van der Waals surface area contributed by atoms with Crippen LogP contribution in [0.1, 0.15) is 27.2 Å². The number of halogens is 1. The van der Waals surface area contributed by atoms with Gasteiger partial charge in [-0.25, -0.2) is 9.07 Å². The van der Waals surface area contributed by atoms with Gasteiger partial charge in [-0.1, -0.05) is 54.6 Å². The minimum Gasteiger partial charge on any atom is -0.485 e. The fraction of sp³-hybridized carbons (Fsp3) is 0.154. The molecule has 0 N–H and O–H groups in total. The van der Waals surface area contributed by atoms with Crippen LogP contribution in [0.5, 0.6) is 5.75 Å². The Morgan fingerprint density at radius 2 is 1.66 bits per heavy atom. The summed E-state index contributed by atoms with van der Waals surface area (Å²) in [5.41, 5.74) is 4.32. The smallest absolute Gasteiger partial charge is 0.278 e. The van der Waals surface area contributed by atoms with Crippen LogP contribution in [0.25, 0.3) is 5.69 Å². The van der Waals surface area contributed by atoms with Crippen molar-refractivity contribution in [3.8, 4) is 11.4 Å². The zero-order valence-electron chi connectivity index (χ0n) is 17.4. The molecule has 1 aliphatic rings. The van der Waals surface area contributed by atoms with Crippen molar-refractivity contribution in [3.05, 3.63) is 113 Å². The van der Waals surface area contributed by atoms with Gasteiger partial charge < -0.3 is 9.64 Å². The molecule has 32 heavy (non-hydrogen) atoms. The topological polar surface area (TPSA) is 47.4 Å². The van der Waals surface area contributed by atoms with E-state index in [1.807, 2.05) is 42.5 Å². The molecule has 0 spiro atoms. The summed E-state index contributed by atoms with van der Waals surface area (Å²) >= 11 is 0. The number of nitrogens with zero attached hydrogens (tertiary/aromatic N) is 3. The lowest BCUT2D eigenvalue weighted by Gasteiger charge is -2.28. The molecule has 0 saturated carbocycles. The third-order valence-corrected chi connectivity index (χ3v) is 5.63. The Hall–Kier alpha value is -3.93. The predicted octanol–water partition coefficient (Wildman–Crippen LogP) is 4.79. The maximum absolute atomic E-state index is 13.5. The highest BCUT2D eigenvalue weighted by molar-refractivity contribution is 5.95. The lowest BCUT2D eigenvalue weighted by molar-refractivity contribution is 0.0723. The van der Waals surface area contributed by atoms with Gasteiger partial charge in [0.25, 0.3) is 5.91 Å². The van der Waals surface area contributed by atoms with E-state index in [0.717, 1.165) is 17.5 Å². The first-order chi connectivity index (χ1) is 15.7. The van der Waals surface area contributed by atoms with Crippen molar-refractivity contribution in [3.63, 3.8) is 0 Å². The van der Waals surface area contributed by atoms with Crippen LogP contribution in [0.15, 0.2) is 85.1 Å². The first-order valence-corrected chi connectivity index (χ1v) is 10.6. The molecular weight excluding hydrogens is 405 g/mol. The highest BCUT2D eigenvalue weighted by atomic mass is 19.1. The quantitative estimate of drug-likeness (QED) is 0.460. The number of carbonyl (C=O) groups is 1. The normalized spacial score (nSPS) is 13.0. The molecule has 0 fully saturated rings. The van der Waals surface area contributed by atoms with E-state index in [9.17, 15) is 9.18 Å². The molecule has 160 valence electrons. The summed E-state index contributed by atoms with van der Waals surface area (Å²) < 4.78 is 21.0. The second-order valence-electron chi connectivity index (χ2n) is 7.78. The molecule has 5 rings (SSSR count). The molecule has 1 amide bonds. The van der Waals surface area contributed by atoms with Gasteiger partial charge in [-0.05, 0) is 47.4 Å². The minimum absolute atomic E-state index is 0.177. The van der Waals surface area contributed by atoms with E-state index in [4.69, 9.17) is 4.74 Å². The van der Waals surface area contributed by atoms with Crippen LogP contribution in [-0.2, 0) is 19.6 Å². The minimum atomic E-state index is -0.329. The van der Waals surface area contributed by atoms with Crippen molar-refractivity contribution < 1.29 is 13.9 Å². The number of rotatable bonds is 5. The summed E-state index contributed by atoms with van der Waals surface area (Å²) in [5, 5.41) is 4.53. The number of carbonyl (C=O) groups excluding carboxylic acids is 1. The second-order valence-corrected chi connectivity index (χ2v) is 7.78. The first kappa shape index (κ1) is 20.0. The summed E-state index contributed by atoms with van der Waals surface area (Å²) in [4.78, 5) is 15.3. The monoisotopic (exact) mass is 427 g/mol. The average Bonchev–Trinajstić information content (AvgIpc) is 3.27. The summed E-state index contributed by atoms with van der Waals surface area (Å²) in [7, 11) is 0. The zero-order valence-corrected chi connectivity index (χ0v) is 17.4. The molecule has 0 unspecified atom stereocenters. The molecule has 5 nitrogen and oxygen atoms in total. The number of fused-ring (bicyclic) bond motifs is 1. The molecule has 0 atom stereocenters. The van der Waals surface area contributed by atoms with E-state index >= 15 is 0 Å². The maximum Gasteiger partial charge on any atom is 0.278 e. The number of ether oxygens (including phenoxy) is 1. The van der Waals surface area contributed by atoms with Crippen molar-refractivity contribution >= 4 is 5.91 Å². The molecule has 6 heteroatoms. The van der Waals surface area contributed by atoms with Crippen LogP contribution in [0.2, 0.25) is 0 Å². The van der Waals surface area contributed by atoms with Crippen LogP contribution >= 0.6 is 0 Å². The maximum atomic E-state index is 13.5. The molecule has 0 aliphatic carbocycles. The molecular formula is C26H22FN3O2. The van der Waals surface area contributed by atoms with E-state index in [1.165, 1.54) is 17.7 Å². The summed E-state index contributed by atoms with van der Waals surface area (Å²) in [5.74, 6) is -0.102. The van der Waals surface area contributed by atoms with E-state index in [1.54, 1.807) is 27.9 Å². The summed E-state index contributed by atoms with van der Waals surface area (Å²) in [6.45, 7) is 1.48. The van der Waals surface area contributed by atoms with E-state index in [-0.39, 0.29) is 17.4 Å². The van der Waals surface area contributed by atoms with Gasteiger partial charge in [-0.15, -0.1) is 0 Å². The van der Waals surface area contributed by atoms with Gasteiger partial charge in [-0.2, -0.15) is 5.10 Å². The van der Waals surface area contributed by atoms with E-state index in [0.29, 0.717) is 31.1 Å². The number of aromatic nitrogens is 2. The van der Waals surface area contributed by atoms with Crippen molar-refractivity contribution in [1.82, 2.24) is 14.7 Å². The highest BCUT2D eigenvalue weighted by Gasteiger charge is 2.27. The van der Waals surface area contributed by atoms with Gasteiger partial charge in [0.2, 0.25) is 0 Å². The lowest BCUT2D eigenvalue weighted by Crippen LogP contribution is -2.36. The van der Waals surface area contributed by atoms with Gasteiger partial charge in [0, 0.05) is 13.1 Å². The Morgan fingerprint density at radius 3 is 2.44 bits per heavy atom. The molecule has 4 aromatic rings. The lowest BCUT2D eigenvalue weighted by atomic mass is 10.00. The molecule has 2 heterocycles. The Kier molecular flexibility index (Phi) is 5.42. The Bertz CT molecular complexity index is 1240. The zero-order chi connectivity index (χ0) is 21.9. The van der Waals surface area contributed by atoms with Crippen LogP contribution in [0.3, 0.4) is 0 Å². The van der Waals surface area contributed by atoms with Crippen molar-refractivity contribution in [2.24, 2.45) is 0 Å². The van der Waals surface area contributed by atoms with E-state index in [2.05, 4.69) is 17.2 Å². The van der Waals surface area contributed by atoms with Crippen LogP contribution in [0, 0.1) is 5.82 Å². The first-order valence-electron chi connectivity index (χ1n) is 10.6. The van der Waals surface area contributed by atoms with Crippen LogP contribution < -0.4 is 4.74 Å². The Balaban J connectivity index is 1.45. The molecule has 0 bridgehead atoms. The predicted molar refractivity (Wildman–Crippen MR) is 119 cm³/mol. The Morgan fingerprint density at radius 1 is 0.938 bits per heavy atom. The fourth-order valence-corrected chi connectivity index (χ4v) is 3.89. The number of hydrogen-bond acceptors (Lipinski definition) is 3. The van der Waals surface area contributed by atoms with Gasteiger partial charge in [0.15, 0.2) is 11.4 Å². The number of amides is 1. The van der Waals surface area contributed by atoms with Crippen molar-refractivity contribution in [2.45, 2.75) is 19.6 Å². The van der Waals surface area contributed by atoms with Crippen molar-refractivity contribution in [2.75, 3.05) is 6.54 Å². The number of hydrogen-bond donors (Lipinski definition) is 0. The van der Waals surface area contributed by atoms with E-state index < -0.39 is 0 Å². The van der Waals surface area contributed by atoms with Gasteiger partial charge in [0.05, 0.1) is 11.9 Å². The van der Waals surface area contributed by atoms with Crippen LogP contribution in [-0.4, -0.2) is 27.1 Å². The average molecular weight is 427 g/mol. The van der Waals surface area contributed by atoms with Crippen LogP contribution in [0.4, 0.5) is 4.39 Å². The largest absolute Gasteiger partial charge is 0.485 e. The summed E-state index contributed by atoms with van der Waals surface area (Å²) in [6, 6.07) is 23.9. The van der Waals surface area contributed by atoms with Crippen molar-refractivity contribution in [1.29, 1.82) is 0 Å². The molecule has 0 saturated heterocycles.